The lowest BCUT2D eigenvalue weighted by Crippen LogP contribution is -2.19. The molecule has 0 saturated carbocycles. The minimum atomic E-state index is -2.11. The summed E-state index contributed by atoms with van der Waals surface area (Å²) in [5.74, 6) is -4.17. The summed E-state index contributed by atoms with van der Waals surface area (Å²) in [5, 5.41) is -13.2. The van der Waals surface area contributed by atoms with E-state index >= 15 is 0 Å². The number of allylic oxidation sites excluding steroid dienone is 8. The lowest BCUT2D eigenvalue weighted by molar-refractivity contribution is 0.669. The maximum absolute atomic E-state index is 10.0. The Bertz CT molecular complexity index is 10200. The maximum Gasteiger partial charge on any atom is 0.136 e. The summed E-state index contributed by atoms with van der Waals surface area (Å²) in [6.07, 6.45) is 0. The van der Waals surface area contributed by atoms with Gasteiger partial charge in [0.15, 0.2) is 0 Å². The topological polar surface area (TPSA) is 26.3 Å². The fourth-order valence-electron chi connectivity index (χ4n) is 12.8. The molecule has 2 aliphatic rings. The molecule has 0 spiro atoms. The Labute approximate surface area is 647 Å². The van der Waals surface area contributed by atoms with Gasteiger partial charge in [0.2, 0.25) is 0 Å². The molecular weight excluding hydrogens is 1190 g/mol. The summed E-state index contributed by atoms with van der Waals surface area (Å²) in [6.45, 7) is 0. The van der Waals surface area contributed by atoms with E-state index in [9.17, 15) is 31.5 Å². The molecule has 17 aromatic carbocycles. The van der Waals surface area contributed by atoms with Crippen molar-refractivity contribution in [3.05, 3.63) is 362 Å². The zero-order valence-corrected chi connectivity index (χ0v) is 49.0. The second kappa shape index (κ2) is 22.5. The summed E-state index contributed by atoms with van der Waals surface area (Å²) in [5.41, 5.74) is -11.5. The van der Waals surface area contributed by atoms with E-state index in [4.69, 9.17) is 56.8 Å². The number of hydrogen-bond acceptors (Lipinski definition) is 2. The van der Waals surface area contributed by atoms with Crippen molar-refractivity contribution in [1.29, 1.82) is 0 Å². The van der Waals surface area contributed by atoms with Crippen LogP contribution in [-0.2, 0) is 0 Å². The van der Waals surface area contributed by atoms with Crippen molar-refractivity contribution < 1.29 is 88.3 Å². The first kappa shape index (κ1) is 23.1. The van der Waals surface area contributed by atoms with Crippen LogP contribution < -0.4 is 0 Å². The average Bonchev–Trinajstić information content (AvgIpc) is 1.15. The molecule has 0 N–H and O–H groups in total. The van der Waals surface area contributed by atoms with Gasteiger partial charge in [-0.25, -0.2) is 0 Å². The smallest absolute Gasteiger partial charge is 0.136 e. The maximum atomic E-state index is 10.0. The van der Waals surface area contributed by atoms with E-state index in [2.05, 4.69) is 0 Å². The summed E-state index contributed by atoms with van der Waals surface area (Å²) in [4.78, 5) is 0. The van der Waals surface area contributed by atoms with Crippen molar-refractivity contribution >= 4 is 141 Å². The molecule has 2 aromatic heterocycles. The molecule has 0 radical (unpaired) electrons. The summed E-state index contributed by atoms with van der Waals surface area (Å²) < 4.78 is 540. The summed E-state index contributed by atoms with van der Waals surface area (Å²) in [6, 6.07) is -54.5. The summed E-state index contributed by atoms with van der Waals surface area (Å²) in [7, 11) is 0. The highest BCUT2D eigenvalue weighted by Gasteiger charge is 2.33. The van der Waals surface area contributed by atoms with E-state index < -0.39 is 559 Å². The third-order valence-corrected chi connectivity index (χ3v) is 16.8. The van der Waals surface area contributed by atoms with Gasteiger partial charge in [-0.3, -0.25) is 0 Å². The highest BCUT2D eigenvalue weighted by molar-refractivity contribution is 6.29. The van der Waals surface area contributed by atoms with Gasteiger partial charge in [-0.2, -0.15) is 0 Å². The van der Waals surface area contributed by atoms with Crippen molar-refractivity contribution in [3.8, 4) is 44.5 Å². The number of hydrogen-bond donors (Lipinski definition) is 0. The van der Waals surface area contributed by atoms with Gasteiger partial charge >= 0.3 is 0 Å². The molecule has 2 heteroatoms. The lowest BCUT2D eigenvalue weighted by Gasteiger charge is -2.34. The Kier molecular flexibility index (Phi) is 5.30. The lowest BCUT2D eigenvalue weighted by atomic mass is 9.69. The van der Waals surface area contributed by atoms with Gasteiger partial charge in [-0.1, -0.05) is 314 Å². The molecule has 2 heterocycles. The standard InChI is InChI=1S/C50H32O.C46H28O/c1-2-15-33-30-47-45(29-32(33)14-1)50-44(25-12-26-46(50)51-47)49-41-22-9-7-20-39(41)48(40-21-8-10-23-42(40)49)43-28-27-38(36-18-5-6-19-37(36)43)35-24-11-16-31-13-3-4-17-34(31)35;1-2-13-29(14-3-1)32-25-26-39(34-18-7-6-17-33(32)34)44-35-19-8-10-21-37(35)45(38-22-11-9-20-36(38)44)40-23-12-24-42-46(40)41-27-30-15-4-5-16-31(30)28-43(41)47-42/h1-30,36-37H;1-28H/i1D,2D,3D,4D,5D,6D,7D,8D,9D,10D,11D,12D,13D,14D,15D,16D,17D,18D,19D,20D,21D,22D,23D,24D,25D,26D,27D,28D,29D,30D;1D,2D,3D,4D,5D,6D,7D,8D,9D,10D,11D,12D,13D,14D,15D,16D,17D,18D,19D,20D,21D,22D,23D,24D,25D,26D,27D,28D. The van der Waals surface area contributed by atoms with Crippen LogP contribution in [0.1, 0.15) is 90.6 Å². The van der Waals surface area contributed by atoms with E-state index in [-0.39, 0.29) is 0 Å². The molecule has 0 bridgehead atoms. The Morgan fingerprint density at radius 2 is 0.571 bits per heavy atom. The predicted molar refractivity (Wildman–Crippen MR) is 417 cm³/mol. The Balaban J connectivity index is 0.000000188. The Morgan fingerprint density at radius 3 is 1.07 bits per heavy atom. The fourth-order valence-corrected chi connectivity index (χ4v) is 12.8. The van der Waals surface area contributed by atoms with Gasteiger partial charge < -0.3 is 8.83 Å². The molecule has 0 fully saturated rings. The van der Waals surface area contributed by atoms with Crippen LogP contribution in [0, 0.1) is 11.8 Å². The molecule has 0 aliphatic heterocycles. The molecule has 2 atom stereocenters. The molecule has 0 amide bonds. The second-order valence-electron chi connectivity index (χ2n) is 21.8. The first-order valence-corrected chi connectivity index (χ1v) is 29.3. The largest absolute Gasteiger partial charge is 0.456 e. The molecule has 456 valence electrons. The van der Waals surface area contributed by atoms with Gasteiger partial charge in [-0.15, -0.1) is 0 Å². The molecule has 21 rings (SSSR count). The van der Waals surface area contributed by atoms with Gasteiger partial charge in [-0.05, 0) is 189 Å². The highest BCUT2D eigenvalue weighted by atomic mass is 16.3. The normalized spacial score (nSPS) is 23.5. The van der Waals surface area contributed by atoms with E-state index in [0.717, 1.165) is 0 Å². The van der Waals surface area contributed by atoms with Crippen molar-refractivity contribution in [2.45, 2.75) is 0 Å². The van der Waals surface area contributed by atoms with Gasteiger partial charge in [0.05, 0.1) is 79.5 Å². The number of benzene rings is 17. The SMILES string of the molecule is [2H]C1=C([2H])C2C(c3c([2H])c([2H])c([2H])c4c([2H])c([2H])c([2H])c([2H])c34)=C([2H])C([2H])=C(c3c4c([2H])c([2H])c([2H])c([2H])c4c(-c4c([2H])c([2H])c([2H])c5oc6c([2H])c7c([2H])c([2H])c([2H])c([2H])c7c([2H])c6c45)c4c([2H])c([2H])c([2H])c([2H])c34)C2C([2H])=C1[2H].[2H]c1c([2H])c([2H])c(-c2c([2H])c([2H])c(-c3c4c([2H])c([2H])c([2H])c([2H])c4c(-c4c([2H])c([2H])c([2H])c5oc6c([2H])c7c([2H])c([2H])c([2H])c([2H])c7c([2H])c6c45)c4c([2H])c([2H])c([2H])c([2H])c34)c3c([2H])c([2H])c([2H])c([2H])c23)c([2H])c1[2H]. The van der Waals surface area contributed by atoms with Crippen LogP contribution in [0.15, 0.2) is 359 Å². The van der Waals surface area contributed by atoms with Crippen molar-refractivity contribution in [2.75, 3.05) is 0 Å². The minimum absolute atomic E-state index is 0.492. The highest BCUT2D eigenvalue weighted by Crippen LogP contribution is 2.53. The zero-order chi connectivity index (χ0) is 115. The number of rotatable bonds is 6. The van der Waals surface area contributed by atoms with Crippen LogP contribution >= 0.6 is 0 Å². The molecule has 0 saturated heterocycles. The van der Waals surface area contributed by atoms with Gasteiger partial charge in [0.25, 0.3) is 0 Å². The third-order valence-electron chi connectivity index (χ3n) is 16.8. The van der Waals surface area contributed by atoms with Gasteiger partial charge in [0, 0.05) is 33.4 Å². The minimum Gasteiger partial charge on any atom is -0.456 e. The van der Waals surface area contributed by atoms with Crippen molar-refractivity contribution in [1.82, 2.24) is 0 Å². The van der Waals surface area contributed by atoms with Crippen LogP contribution in [0.3, 0.4) is 0 Å². The quantitative estimate of drug-likeness (QED) is 0.155. The van der Waals surface area contributed by atoms with Crippen LogP contribution in [0.2, 0.25) is 0 Å². The van der Waals surface area contributed by atoms with E-state index in [0.29, 0.717) is 0 Å². The first-order valence-electron chi connectivity index (χ1n) is 58.3. The Hall–Kier alpha value is -12.6. The number of fused-ring (bicyclic) bond motifs is 15. The third kappa shape index (κ3) is 8.74. The molecule has 2 unspecified atom stereocenters. The van der Waals surface area contributed by atoms with Crippen LogP contribution in [0.5, 0.6) is 0 Å². The molecule has 19 aromatic rings. The van der Waals surface area contributed by atoms with Crippen LogP contribution in [0.4, 0.5) is 0 Å². The fraction of sp³-hybridized carbons (Fsp3) is 0.0208. The van der Waals surface area contributed by atoms with Crippen molar-refractivity contribution in [2.24, 2.45) is 11.8 Å². The monoisotopic (exact) mass is 1300 g/mol. The van der Waals surface area contributed by atoms with E-state index in [1.165, 1.54) is 0 Å². The number of furan rings is 2. The zero-order valence-electron chi connectivity index (χ0n) is 107. The average molecular weight is 1300 g/mol. The van der Waals surface area contributed by atoms with Crippen LogP contribution in [0.25, 0.3) is 186 Å². The second-order valence-corrected chi connectivity index (χ2v) is 21.8. The van der Waals surface area contributed by atoms with Gasteiger partial charge in [0.1, 0.15) is 22.3 Å². The molecule has 2 aliphatic carbocycles. The molecule has 98 heavy (non-hydrogen) atoms. The van der Waals surface area contributed by atoms with E-state index in [1.807, 2.05) is 0 Å². The van der Waals surface area contributed by atoms with Crippen LogP contribution in [-0.4, -0.2) is 0 Å². The summed E-state index contributed by atoms with van der Waals surface area (Å²) >= 11 is 0. The predicted octanol–water partition coefficient (Wildman–Crippen LogP) is 26.9. The molecule has 2 nitrogen and oxygen atoms in total. The Morgan fingerprint density at radius 1 is 0.224 bits per heavy atom. The molecular formula is C96H60O2. The van der Waals surface area contributed by atoms with E-state index in [1.54, 1.807) is 0 Å². The first-order chi connectivity index (χ1) is 72.8. The van der Waals surface area contributed by atoms with Crippen molar-refractivity contribution in [3.63, 3.8) is 0 Å².